The first-order valence-electron chi connectivity index (χ1n) is 11.6. The van der Waals surface area contributed by atoms with Crippen LogP contribution in [-0.2, 0) is 16.1 Å². The number of amides is 2. The van der Waals surface area contributed by atoms with E-state index >= 15 is 0 Å². The molecule has 2 amide bonds. The molecule has 0 spiro atoms. The van der Waals surface area contributed by atoms with Gasteiger partial charge in [0.05, 0.1) is 12.0 Å². The average Bonchev–Trinajstić information content (AvgIpc) is 3.58. The van der Waals surface area contributed by atoms with E-state index in [1.807, 2.05) is 24.3 Å². The highest BCUT2D eigenvalue weighted by atomic mass is 16.5. The highest BCUT2D eigenvalue weighted by Gasteiger charge is 2.42. The molecule has 2 N–H and O–H groups in total. The predicted molar refractivity (Wildman–Crippen MR) is 127 cm³/mol. The summed E-state index contributed by atoms with van der Waals surface area (Å²) in [5.74, 6) is -0.786. The van der Waals surface area contributed by atoms with Crippen molar-refractivity contribution in [2.24, 2.45) is 5.41 Å². The minimum absolute atomic E-state index is 0.0297. The van der Waals surface area contributed by atoms with Crippen LogP contribution in [0.5, 0.6) is 0 Å². The number of carboxylic acids is 1. The number of rotatable bonds is 6. The van der Waals surface area contributed by atoms with Crippen LogP contribution in [0.2, 0.25) is 0 Å². The van der Waals surface area contributed by atoms with Gasteiger partial charge in [-0.05, 0) is 47.7 Å². The van der Waals surface area contributed by atoms with E-state index < -0.39 is 17.5 Å². The third kappa shape index (κ3) is 4.27. The SMILES string of the molecule is CC1(C(=O)O)CCN(C(=O)c2ccc(CNC(=O)OCC3c4ccccc4-c4ccccc43)o2)C1. The fourth-order valence-electron chi connectivity index (χ4n) is 4.86. The maximum Gasteiger partial charge on any atom is 0.407 e. The van der Waals surface area contributed by atoms with Gasteiger partial charge < -0.3 is 24.5 Å². The number of hydrogen-bond acceptors (Lipinski definition) is 5. The quantitative estimate of drug-likeness (QED) is 0.553. The van der Waals surface area contributed by atoms with Crippen molar-refractivity contribution in [2.75, 3.05) is 19.7 Å². The average molecular weight is 475 g/mol. The lowest BCUT2D eigenvalue weighted by atomic mass is 9.90. The van der Waals surface area contributed by atoms with E-state index in [2.05, 4.69) is 29.6 Å². The summed E-state index contributed by atoms with van der Waals surface area (Å²) in [6.07, 6.45) is -0.182. The Kier molecular flexibility index (Phi) is 5.80. The molecular formula is C27H26N2O6. The van der Waals surface area contributed by atoms with Crippen LogP contribution in [0.3, 0.4) is 0 Å². The highest BCUT2D eigenvalue weighted by molar-refractivity contribution is 5.92. The number of carbonyl (C=O) groups is 3. The van der Waals surface area contributed by atoms with Crippen LogP contribution in [-0.4, -0.2) is 47.7 Å². The van der Waals surface area contributed by atoms with E-state index in [0.29, 0.717) is 18.7 Å². The van der Waals surface area contributed by atoms with Crippen LogP contribution in [0.15, 0.2) is 65.1 Å². The van der Waals surface area contributed by atoms with Gasteiger partial charge in [0, 0.05) is 19.0 Å². The van der Waals surface area contributed by atoms with Gasteiger partial charge in [0.15, 0.2) is 5.76 Å². The second kappa shape index (κ2) is 8.94. The van der Waals surface area contributed by atoms with Gasteiger partial charge in [-0.25, -0.2) is 4.79 Å². The van der Waals surface area contributed by atoms with Gasteiger partial charge in [-0.15, -0.1) is 0 Å². The Morgan fingerprint density at radius 1 is 1.06 bits per heavy atom. The van der Waals surface area contributed by atoms with E-state index in [1.54, 1.807) is 13.0 Å². The van der Waals surface area contributed by atoms with Gasteiger partial charge in [-0.2, -0.15) is 0 Å². The molecule has 1 aromatic heterocycles. The van der Waals surface area contributed by atoms with Gasteiger partial charge in [0.25, 0.3) is 5.91 Å². The van der Waals surface area contributed by atoms with Gasteiger partial charge in [0.1, 0.15) is 12.4 Å². The second-order valence-electron chi connectivity index (χ2n) is 9.29. The first-order valence-corrected chi connectivity index (χ1v) is 11.6. The molecule has 8 heteroatoms. The molecule has 1 fully saturated rings. The molecule has 1 aliphatic carbocycles. The van der Waals surface area contributed by atoms with Crippen molar-refractivity contribution in [3.63, 3.8) is 0 Å². The summed E-state index contributed by atoms with van der Waals surface area (Å²) in [7, 11) is 0. The Morgan fingerprint density at radius 3 is 2.34 bits per heavy atom. The summed E-state index contributed by atoms with van der Waals surface area (Å²) < 4.78 is 11.1. The number of carboxylic acid groups (broad SMARTS) is 1. The summed E-state index contributed by atoms with van der Waals surface area (Å²) in [5, 5.41) is 12.0. The Labute approximate surface area is 202 Å². The number of alkyl carbamates (subject to hydrolysis) is 1. The Balaban J connectivity index is 1.15. The molecule has 1 atom stereocenters. The number of nitrogens with zero attached hydrogens (tertiary/aromatic N) is 1. The van der Waals surface area contributed by atoms with Crippen LogP contribution < -0.4 is 5.32 Å². The predicted octanol–water partition coefficient (Wildman–Crippen LogP) is 4.26. The number of carbonyl (C=O) groups excluding carboxylic acids is 2. The summed E-state index contributed by atoms with van der Waals surface area (Å²) in [6.45, 7) is 2.40. The largest absolute Gasteiger partial charge is 0.481 e. The first kappa shape index (κ1) is 22.7. The summed E-state index contributed by atoms with van der Waals surface area (Å²) >= 11 is 0. The maximum atomic E-state index is 12.7. The zero-order valence-electron chi connectivity index (χ0n) is 19.3. The maximum absolute atomic E-state index is 12.7. The van der Waals surface area contributed by atoms with Crippen LogP contribution in [0.1, 0.15) is 46.7 Å². The normalized spacial score (nSPS) is 18.7. The molecule has 3 aromatic rings. The van der Waals surface area contributed by atoms with E-state index in [4.69, 9.17) is 9.15 Å². The number of ether oxygens (including phenoxy) is 1. The van der Waals surface area contributed by atoms with Crippen LogP contribution in [0, 0.1) is 5.41 Å². The number of furan rings is 1. The van der Waals surface area contributed by atoms with Crippen molar-refractivity contribution >= 4 is 18.0 Å². The van der Waals surface area contributed by atoms with Crippen molar-refractivity contribution in [2.45, 2.75) is 25.8 Å². The minimum atomic E-state index is -0.948. The minimum Gasteiger partial charge on any atom is -0.481 e. The molecule has 5 rings (SSSR count). The number of hydrogen-bond donors (Lipinski definition) is 2. The molecule has 2 heterocycles. The Bertz CT molecular complexity index is 1250. The molecule has 0 saturated carbocycles. The van der Waals surface area contributed by atoms with Crippen LogP contribution >= 0.6 is 0 Å². The molecule has 1 saturated heterocycles. The molecule has 1 aliphatic heterocycles. The van der Waals surface area contributed by atoms with Gasteiger partial charge in [-0.1, -0.05) is 48.5 Å². The zero-order chi connectivity index (χ0) is 24.6. The Hall–Kier alpha value is -4.07. The van der Waals surface area contributed by atoms with E-state index in [9.17, 15) is 19.5 Å². The fourth-order valence-corrected chi connectivity index (χ4v) is 4.86. The number of benzene rings is 2. The summed E-state index contributed by atoms with van der Waals surface area (Å²) in [4.78, 5) is 38.0. The van der Waals surface area contributed by atoms with Gasteiger partial charge in [0.2, 0.25) is 0 Å². The summed E-state index contributed by atoms with van der Waals surface area (Å²) in [5.41, 5.74) is 3.64. The van der Waals surface area contributed by atoms with Crippen molar-refractivity contribution in [1.82, 2.24) is 10.2 Å². The summed E-state index contributed by atoms with van der Waals surface area (Å²) in [6, 6.07) is 19.4. The van der Waals surface area contributed by atoms with Crippen molar-refractivity contribution in [1.29, 1.82) is 0 Å². The highest BCUT2D eigenvalue weighted by Crippen LogP contribution is 2.44. The number of fused-ring (bicyclic) bond motifs is 3. The lowest BCUT2D eigenvalue weighted by molar-refractivity contribution is -0.147. The van der Waals surface area contributed by atoms with Gasteiger partial charge in [-0.3, -0.25) is 9.59 Å². The van der Waals surface area contributed by atoms with Crippen LogP contribution in [0.4, 0.5) is 4.79 Å². The third-order valence-corrected chi connectivity index (χ3v) is 6.90. The van der Waals surface area contributed by atoms with E-state index in [-0.39, 0.29) is 37.3 Å². The molecule has 8 nitrogen and oxygen atoms in total. The molecule has 2 aliphatic rings. The first-order chi connectivity index (χ1) is 16.9. The molecule has 2 aromatic carbocycles. The third-order valence-electron chi connectivity index (χ3n) is 6.90. The molecular weight excluding hydrogens is 448 g/mol. The van der Waals surface area contributed by atoms with E-state index in [1.165, 1.54) is 11.0 Å². The lowest BCUT2D eigenvalue weighted by Gasteiger charge is -2.19. The lowest BCUT2D eigenvalue weighted by Crippen LogP contribution is -2.34. The molecule has 1 unspecified atom stereocenters. The molecule has 180 valence electrons. The topological polar surface area (TPSA) is 109 Å². The second-order valence-corrected chi connectivity index (χ2v) is 9.29. The van der Waals surface area contributed by atoms with Crippen LogP contribution in [0.25, 0.3) is 11.1 Å². The Morgan fingerprint density at radius 2 is 1.71 bits per heavy atom. The standard InChI is InChI=1S/C27H26N2O6/c1-27(25(31)32)12-13-29(16-27)24(30)23-11-10-17(35-23)14-28-26(33)34-15-22-20-8-4-2-6-18(20)19-7-3-5-9-21(19)22/h2-11,22H,12-16H2,1H3,(H,28,33)(H,31,32). The number of aliphatic carboxylic acids is 1. The molecule has 35 heavy (non-hydrogen) atoms. The van der Waals surface area contributed by atoms with Crippen molar-refractivity contribution in [3.8, 4) is 11.1 Å². The zero-order valence-corrected chi connectivity index (χ0v) is 19.3. The fraction of sp³-hybridized carbons (Fsp3) is 0.296. The number of likely N-dealkylation sites (tertiary alicyclic amines) is 1. The monoisotopic (exact) mass is 474 g/mol. The van der Waals surface area contributed by atoms with Gasteiger partial charge >= 0.3 is 12.1 Å². The van der Waals surface area contributed by atoms with Crippen molar-refractivity contribution in [3.05, 3.63) is 83.3 Å². The smallest absolute Gasteiger partial charge is 0.407 e. The number of nitrogens with one attached hydrogen (secondary N) is 1. The molecule has 0 radical (unpaired) electrons. The van der Waals surface area contributed by atoms with E-state index in [0.717, 1.165) is 22.3 Å². The van der Waals surface area contributed by atoms with Crippen molar-refractivity contribution < 1.29 is 28.6 Å². The molecule has 0 bridgehead atoms.